The number of ether oxygens (including phenoxy) is 1. The number of amides is 2. The molecule has 0 unspecified atom stereocenters. The third kappa shape index (κ3) is 6.38. The summed E-state index contributed by atoms with van der Waals surface area (Å²) in [7, 11) is 2.97. The molecule has 11 heteroatoms. The number of thioether (sulfide) groups is 1. The lowest BCUT2D eigenvalue weighted by Crippen LogP contribution is -2.43. The van der Waals surface area contributed by atoms with Crippen molar-refractivity contribution in [3.05, 3.63) is 65.7 Å². The van der Waals surface area contributed by atoms with Gasteiger partial charge in [0, 0.05) is 24.7 Å². The van der Waals surface area contributed by atoms with Crippen LogP contribution in [0.3, 0.4) is 0 Å². The Bertz CT molecular complexity index is 1070. The molecule has 0 bridgehead atoms. The molecule has 2 N–H and O–H groups in total. The third-order valence-corrected chi connectivity index (χ3v) is 5.43. The maximum Gasteiger partial charge on any atom is 0.328 e. The Hall–Kier alpha value is -3.73. The lowest BCUT2D eigenvalue weighted by Gasteiger charge is -2.17. The molecule has 1 aromatic heterocycles. The van der Waals surface area contributed by atoms with E-state index in [0.717, 1.165) is 5.56 Å². The Morgan fingerprint density at radius 2 is 1.81 bits per heavy atom. The number of hydrogen-bond donors (Lipinski definition) is 2. The highest BCUT2D eigenvalue weighted by atomic mass is 32.2. The van der Waals surface area contributed by atoms with E-state index in [-0.39, 0.29) is 11.7 Å². The summed E-state index contributed by atoms with van der Waals surface area (Å²) in [5, 5.41) is 17.0. The summed E-state index contributed by atoms with van der Waals surface area (Å²) < 4.78 is 6.30. The van der Waals surface area contributed by atoms with Crippen LogP contribution in [0.4, 0.5) is 5.69 Å². The highest BCUT2D eigenvalue weighted by molar-refractivity contribution is 7.99. The molecule has 10 nitrogen and oxygen atoms in total. The number of carbonyl (C=O) groups excluding carboxylic acids is 3. The molecule has 0 aliphatic heterocycles. The third-order valence-electron chi connectivity index (χ3n) is 4.42. The van der Waals surface area contributed by atoms with E-state index in [1.807, 2.05) is 30.3 Å². The second-order valence-electron chi connectivity index (χ2n) is 6.74. The average Bonchev–Trinajstić information content (AvgIpc) is 3.22. The standard InChI is InChI=1S/C21H22N6O4S/c1-27-21(24-25-26-27)32-13-18(28)22-16-10-8-15(9-11-16)19(29)23-17(20(30)31-2)12-14-6-4-3-5-7-14/h3-11,17H,12-13H2,1-2H3,(H,22,28)(H,23,29)/t17-/m1/s1. The van der Waals surface area contributed by atoms with Crippen LogP contribution in [0.15, 0.2) is 59.8 Å². The van der Waals surface area contributed by atoms with Gasteiger partial charge >= 0.3 is 5.97 Å². The fourth-order valence-corrected chi connectivity index (χ4v) is 3.45. The molecule has 3 aromatic rings. The smallest absolute Gasteiger partial charge is 0.328 e. The minimum Gasteiger partial charge on any atom is -0.467 e. The molecule has 166 valence electrons. The zero-order valence-electron chi connectivity index (χ0n) is 17.5. The topological polar surface area (TPSA) is 128 Å². The molecule has 0 aliphatic rings. The Labute approximate surface area is 188 Å². The molecular weight excluding hydrogens is 432 g/mol. The van der Waals surface area contributed by atoms with Crippen molar-refractivity contribution in [3.8, 4) is 0 Å². The summed E-state index contributed by atoms with van der Waals surface area (Å²) in [5.41, 5.74) is 1.79. The second-order valence-corrected chi connectivity index (χ2v) is 7.68. The van der Waals surface area contributed by atoms with Gasteiger partial charge in [-0.25, -0.2) is 9.48 Å². The maximum absolute atomic E-state index is 12.6. The first-order valence-corrected chi connectivity index (χ1v) is 10.6. The first kappa shape index (κ1) is 22.9. The predicted molar refractivity (Wildman–Crippen MR) is 118 cm³/mol. The number of hydrogen-bond acceptors (Lipinski definition) is 8. The van der Waals surface area contributed by atoms with Crippen LogP contribution in [0.2, 0.25) is 0 Å². The van der Waals surface area contributed by atoms with Gasteiger partial charge in [-0.15, -0.1) is 5.10 Å². The number of benzene rings is 2. The van der Waals surface area contributed by atoms with Gasteiger partial charge in [-0.05, 0) is 40.3 Å². The van der Waals surface area contributed by atoms with E-state index in [1.165, 1.54) is 23.6 Å². The monoisotopic (exact) mass is 454 g/mol. The quantitative estimate of drug-likeness (QED) is 0.367. The van der Waals surface area contributed by atoms with Gasteiger partial charge in [0.15, 0.2) is 0 Å². The Morgan fingerprint density at radius 1 is 1.09 bits per heavy atom. The fourth-order valence-electron chi connectivity index (χ4n) is 2.80. The molecule has 1 heterocycles. The lowest BCUT2D eigenvalue weighted by atomic mass is 10.1. The van der Waals surface area contributed by atoms with E-state index in [4.69, 9.17) is 4.74 Å². The van der Waals surface area contributed by atoms with Crippen molar-refractivity contribution in [3.63, 3.8) is 0 Å². The van der Waals surface area contributed by atoms with E-state index in [9.17, 15) is 14.4 Å². The Kier molecular flexibility index (Phi) is 7.92. The maximum atomic E-state index is 12.6. The summed E-state index contributed by atoms with van der Waals surface area (Å²) in [5.74, 6) is -1.04. The molecule has 0 fully saturated rings. The molecular formula is C21H22N6O4S. The molecule has 0 aliphatic carbocycles. The largest absolute Gasteiger partial charge is 0.467 e. The number of aromatic nitrogens is 4. The van der Waals surface area contributed by atoms with Crippen LogP contribution in [0.25, 0.3) is 0 Å². The Balaban J connectivity index is 1.56. The summed E-state index contributed by atoms with van der Waals surface area (Å²) >= 11 is 1.21. The summed E-state index contributed by atoms with van der Waals surface area (Å²) in [6.07, 6.45) is 0.312. The number of carbonyl (C=O) groups is 3. The van der Waals surface area contributed by atoms with E-state index >= 15 is 0 Å². The number of tetrazole rings is 1. The molecule has 2 aromatic carbocycles. The van der Waals surface area contributed by atoms with Gasteiger partial charge in [0.1, 0.15) is 6.04 Å². The number of aryl methyl sites for hydroxylation is 1. The number of esters is 1. The molecule has 32 heavy (non-hydrogen) atoms. The molecule has 0 saturated carbocycles. The highest BCUT2D eigenvalue weighted by Crippen LogP contribution is 2.15. The molecule has 3 rings (SSSR count). The van der Waals surface area contributed by atoms with Gasteiger partial charge in [0.2, 0.25) is 11.1 Å². The van der Waals surface area contributed by atoms with E-state index in [1.54, 1.807) is 31.3 Å². The summed E-state index contributed by atoms with van der Waals surface area (Å²) in [6.45, 7) is 0. The van der Waals surface area contributed by atoms with Crippen molar-refractivity contribution in [1.82, 2.24) is 25.5 Å². The first-order valence-electron chi connectivity index (χ1n) is 9.64. The van der Waals surface area contributed by atoms with Crippen LogP contribution in [-0.2, 0) is 27.8 Å². The number of methoxy groups -OCH3 is 1. The van der Waals surface area contributed by atoms with E-state index in [0.29, 0.717) is 22.8 Å². The zero-order chi connectivity index (χ0) is 22.9. The van der Waals surface area contributed by atoms with Crippen LogP contribution in [0.5, 0.6) is 0 Å². The normalized spacial score (nSPS) is 11.4. The van der Waals surface area contributed by atoms with Crippen molar-refractivity contribution in [2.24, 2.45) is 7.05 Å². The first-order chi connectivity index (χ1) is 15.5. The fraction of sp³-hybridized carbons (Fsp3) is 0.238. The number of rotatable bonds is 9. The van der Waals surface area contributed by atoms with Crippen LogP contribution in [0, 0.1) is 0 Å². The lowest BCUT2D eigenvalue weighted by molar-refractivity contribution is -0.142. The van der Waals surface area contributed by atoms with Gasteiger partial charge < -0.3 is 15.4 Å². The SMILES string of the molecule is COC(=O)[C@@H](Cc1ccccc1)NC(=O)c1ccc(NC(=O)CSc2nnnn2C)cc1. The zero-order valence-corrected chi connectivity index (χ0v) is 18.3. The van der Waals surface area contributed by atoms with Crippen LogP contribution in [-0.4, -0.2) is 56.9 Å². The minimum atomic E-state index is -0.818. The summed E-state index contributed by atoms with van der Waals surface area (Å²) in [4.78, 5) is 36.9. The number of nitrogens with one attached hydrogen (secondary N) is 2. The molecule has 2 amide bonds. The van der Waals surface area contributed by atoms with Crippen LogP contribution < -0.4 is 10.6 Å². The minimum absolute atomic E-state index is 0.136. The average molecular weight is 455 g/mol. The second kappa shape index (κ2) is 11.0. The number of anilines is 1. The van der Waals surface area contributed by atoms with Gasteiger partial charge in [-0.2, -0.15) is 0 Å². The van der Waals surface area contributed by atoms with Crippen LogP contribution >= 0.6 is 11.8 Å². The molecule has 0 spiro atoms. The van der Waals surface area contributed by atoms with Crippen molar-refractivity contribution < 1.29 is 19.1 Å². The van der Waals surface area contributed by atoms with Crippen molar-refractivity contribution in [2.75, 3.05) is 18.2 Å². The molecule has 0 saturated heterocycles. The van der Waals surface area contributed by atoms with Gasteiger partial charge in [-0.3, -0.25) is 9.59 Å². The number of nitrogens with zero attached hydrogens (tertiary/aromatic N) is 4. The van der Waals surface area contributed by atoms with E-state index in [2.05, 4.69) is 26.2 Å². The Morgan fingerprint density at radius 3 is 2.44 bits per heavy atom. The van der Waals surface area contributed by atoms with Gasteiger partial charge in [0.05, 0.1) is 12.9 Å². The highest BCUT2D eigenvalue weighted by Gasteiger charge is 2.22. The van der Waals surface area contributed by atoms with Gasteiger partial charge in [-0.1, -0.05) is 42.1 Å². The van der Waals surface area contributed by atoms with E-state index < -0.39 is 17.9 Å². The molecule has 1 atom stereocenters. The van der Waals surface area contributed by atoms with Crippen LogP contribution in [0.1, 0.15) is 15.9 Å². The van der Waals surface area contributed by atoms with Gasteiger partial charge in [0.25, 0.3) is 5.91 Å². The van der Waals surface area contributed by atoms with Crippen molar-refractivity contribution >= 4 is 35.2 Å². The van der Waals surface area contributed by atoms with Crippen molar-refractivity contribution in [2.45, 2.75) is 17.6 Å². The predicted octanol–water partition coefficient (Wildman–Crippen LogP) is 1.45. The summed E-state index contributed by atoms with van der Waals surface area (Å²) in [6, 6.07) is 14.9. The van der Waals surface area contributed by atoms with Crippen molar-refractivity contribution in [1.29, 1.82) is 0 Å². The molecule has 0 radical (unpaired) electrons.